The van der Waals surface area contributed by atoms with Gasteiger partial charge < -0.3 is 15.0 Å². The van der Waals surface area contributed by atoms with Gasteiger partial charge in [0.1, 0.15) is 0 Å². The predicted octanol–water partition coefficient (Wildman–Crippen LogP) is 3.60. The average Bonchev–Trinajstić information content (AvgIpc) is 3.06. The molecule has 0 bridgehead atoms. The van der Waals surface area contributed by atoms with Crippen LogP contribution in [0.5, 0.6) is 0 Å². The Morgan fingerprint density at radius 2 is 1.86 bits per heavy atom. The van der Waals surface area contributed by atoms with Crippen molar-refractivity contribution in [3.8, 4) is 0 Å². The van der Waals surface area contributed by atoms with E-state index >= 15 is 0 Å². The lowest BCUT2D eigenvalue weighted by atomic mass is 10.1. The summed E-state index contributed by atoms with van der Waals surface area (Å²) in [5.41, 5.74) is 3.61. The van der Waals surface area contributed by atoms with E-state index in [9.17, 15) is 14.4 Å². The summed E-state index contributed by atoms with van der Waals surface area (Å²) in [6.45, 7) is 3.86. The summed E-state index contributed by atoms with van der Waals surface area (Å²) >= 11 is 3.32. The van der Waals surface area contributed by atoms with Gasteiger partial charge in [-0.1, -0.05) is 22.0 Å². The van der Waals surface area contributed by atoms with Crippen LogP contribution in [0, 0.1) is 19.8 Å². The van der Waals surface area contributed by atoms with E-state index in [1.54, 1.807) is 29.2 Å². The highest BCUT2D eigenvalue weighted by Crippen LogP contribution is 2.27. The number of nitrogens with zero attached hydrogens (tertiary/aromatic N) is 1. The Balaban J connectivity index is 1.53. The molecular weight excluding hydrogens is 424 g/mol. The molecule has 0 aromatic heterocycles. The molecule has 1 N–H and O–H groups in total. The summed E-state index contributed by atoms with van der Waals surface area (Å²) in [6.07, 6.45) is 0.0834. The summed E-state index contributed by atoms with van der Waals surface area (Å²) in [7, 11) is 0. The quantitative estimate of drug-likeness (QED) is 0.714. The van der Waals surface area contributed by atoms with Crippen molar-refractivity contribution in [2.45, 2.75) is 20.3 Å². The Hall–Kier alpha value is -2.67. The summed E-state index contributed by atoms with van der Waals surface area (Å²) < 4.78 is 6.02. The molecule has 146 valence electrons. The number of hydrogen-bond acceptors (Lipinski definition) is 4. The van der Waals surface area contributed by atoms with E-state index in [1.807, 2.05) is 32.0 Å². The van der Waals surface area contributed by atoms with E-state index in [1.165, 1.54) is 0 Å². The van der Waals surface area contributed by atoms with Gasteiger partial charge in [0.05, 0.1) is 5.92 Å². The minimum Gasteiger partial charge on any atom is -0.455 e. The number of amides is 2. The molecule has 6 nitrogen and oxygen atoms in total. The highest BCUT2D eigenvalue weighted by molar-refractivity contribution is 9.10. The average molecular weight is 445 g/mol. The molecule has 7 heteroatoms. The van der Waals surface area contributed by atoms with E-state index in [0.717, 1.165) is 21.3 Å². The van der Waals surface area contributed by atoms with Crippen molar-refractivity contribution >= 4 is 45.1 Å². The zero-order chi connectivity index (χ0) is 20.3. The Bertz CT molecular complexity index is 911. The van der Waals surface area contributed by atoms with E-state index in [-0.39, 0.29) is 25.5 Å². The van der Waals surface area contributed by atoms with Crippen LogP contribution in [-0.4, -0.2) is 30.9 Å². The van der Waals surface area contributed by atoms with Crippen molar-refractivity contribution in [2.24, 2.45) is 5.92 Å². The van der Waals surface area contributed by atoms with Gasteiger partial charge in [-0.05, 0) is 61.4 Å². The molecule has 0 saturated carbocycles. The molecule has 2 aromatic carbocycles. The minimum atomic E-state index is -0.574. The second-order valence-corrected chi connectivity index (χ2v) is 7.75. The fourth-order valence-corrected chi connectivity index (χ4v) is 3.26. The topological polar surface area (TPSA) is 75.7 Å². The first-order valence-electron chi connectivity index (χ1n) is 8.93. The molecule has 3 rings (SSSR count). The largest absolute Gasteiger partial charge is 0.455 e. The van der Waals surface area contributed by atoms with E-state index in [2.05, 4.69) is 21.2 Å². The van der Waals surface area contributed by atoms with Gasteiger partial charge in [-0.25, -0.2) is 0 Å². The fraction of sp³-hybridized carbons (Fsp3) is 0.286. The molecule has 2 aromatic rings. The molecule has 1 saturated heterocycles. The molecule has 0 aliphatic carbocycles. The van der Waals surface area contributed by atoms with E-state index < -0.39 is 17.8 Å². The number of rotatable bonds is 5. The highest BCUT2D eigenvalue weighted by atomic mass is 79.9. The van der Waals surface area contributed by atoms with Crippen LogP contribution < -0.4 is 10.2 Å². The van der Waals surface area contributed by atoms with Crippen LogP contribution in [0.1, 0.15) is 17.5 Å². The summed E-state index contributed by atoms with van der Waals surface area (Å²) in [6, 6.07) is 12.8. The van der Waals surface area contributed by atoms with Gasteiger partial charge >= 0.3 is 5.97 Å². The summed E-state index contributed by atoms with van der Waals surface area (Å²) in [5.74, 6) is -1.66. The number of esters is 1. The van der Waals surface area contributed by atoms with Crippen LogP contribution in [0.15, 0.2) is 46.9 Å². The summed E-state index contributed by atoms with van der Waals surface area (Å²) in [4.78, 5) is 38.2. The number of benzene rings is 2. The van der Waals surface area contributed by atoms with Crippen LogP contribution in [0.3, 0.4) is 0 Å². The zero-order valence-corrected chi connectivity index (χ0v) is 17.3. The first kappa shape index (κ1) is 20.1. The van der Waals surface area contributed by atoms with E-state index in [0.29, 0.717) is 5.69 Å². The van der Waals surface area contributed by atoms with Crippen LogP contribution >= 0.6 is 15.9 Å². The summed E-state index contributed by atoms with van der Waals surface area (Å²) in [5, 5.41) is 2.66. The maximum atomic E-state index is 12.3. The molecule has 2 amide bonds. The molecule has 0 spiro atoms. The molecule has 1 atom stereocenters. The van der Waals surface area contributed by atoms with Gasteiger partial charge in [0.25, 0.3) is 5.91 Å². The lowest BCUT2D eigenvalue weighted by Crippen LogP contribution is -2.28. The Labute approximate surface area is 172 Å². The van der Waals surface area contributed by atoms with Gasteiger partial charge in [0.15, 0.2) is 6.61 Å². The first-order valence-corrected chi connectivity index (χ1v) is 9.72. The molecule has 1 unspecified atom stereocenters. The van der Waals surface area contributed by atoms with Gasteiger partial charge in [-0.2, -0.15) is 0 Å². The molecule has 1 fully saturated rings. The van der Waals surface area contributed by atoms with Crippen LogP contribution in [0.2, 0.25) is 0 Å². The zero-order valence-electron chi connectivity index (χ0n) is 15.7. The van der Waals surface area contributed by atoms with Crippen LogP contribution in [0.4, 0.5) is 11.4 Å². The molecule has 0 radical (unpaired) electrons. The maximum Gasteiger partial charge on any atom is 0.311 e. The fourth-order valence-electron chi connectivity index (χ4n) is 2.99. The Morgan fingerprint density at radius 1 is 1.14 bits per heavy atom. The monoisotopic (exact) mass is 444 g/mol. The third kappa shape index (κ3) is 4.78. The number of aryl methyl sites for hydroxylation is 2. The second kappa shape index (κ2) is 8.56. The SMILES string of the molecule is Cc1ccc(N2CC(C(=O)OCC(=O)Nc3ccc(Br)cc3)CC2=O)cc1C. The van der Waals surface area contributed by atoms with Crippen molar-refractivity contribution in [1.82, 2.24) is 0 Å². The van der Waals surface area contributed by atoms with Crippen molar-refractivity contribution in [2.75, 3.05) is 23.4 Å². The highest BCUT2D eigenvalue weighted by Gasteiger charge is 2.36. The van der Waals surface area contributed by atoms with Crippen molar-refractivity contribution in [3.05, 3.63) is 58.1 Å². The smallest absolute Gasteiger partial charge is 0.311 e. The Morgan fingerprint density at radius 3 is 2.54 bits per heavy atom. The maximum absolute atomic E-state index is 12.3. The van der Waals surface area contributed by atoms with Gasteiger partial charge in [0, 0.05) is 28.8 Å². The molecule has 1 aliphatic rings. The van der Waals surface area contributed by atoms with Crippen LogP contribution in [0.25, 0.3) is 0 Å². The van der Waals surface area contributed by atoms with Crippen molar-refractivity contribution < 1.29 is 19.1 Å². The van der Waals surface area contributed by atoms with Gasteiger partial charge in [0.2, 0.25) is 5.91 Å². The lowest BCUT2D eigenvalue weighted by Gasteiger charge is -2.17. The number of hydrogen-bond donors (Lipinski definition) is 1. The molecule has 1 heterocycles. The number of carbonyl (C=O) groups is 3. The second-order valence-electron chi connectivity index (χ2n) is 6.84. The lowest BCUT2D eigenvalue weighted by molar-refractivity contribution is -0.151. The van der Waals surface area contributed by atoms with E-state index in [4.69, 9.17) is 4.74 Å². The van der Waals surface area contributed by atoms with Gasteiger partial charge in [-0.15, -0.1) is 0 Å². The first-order chi connectivity index (χ1) is 13.3. The van der Waals surface area contributed by atoms with Crippen molar-refractivity contribution in [3.63, 3.8) is 0 Å². The minimum absolute atomic E-state index is 0.0834. The normalized spacial score (nSPS) is 16.2. The molecule has 28 heavy (non-hydrogen) atoms. The van der Waals surface area contributed by atoms with Crippen LogP contribution in [-0.2, 0) is 19.1 Å². The number of halogens is 1. The van der Waals surface area contributed by atoms with Gasteiger partial charge in [-0.3, -0.25) is 14.4 Å². The molecular formula is C21H21BrN2O4. The number of carbonyl (C=O) groups excluding carboxylic acids is 3. The number of ether oxygens (including phenoxy) is 1. The third-order valence-electron chi connectivity index (χ3n) is 4.73. The van der Waals surface area contributed by atoms with Crippen molar-refractivity contribution in [1.29, 1.82) is 0 Å². The molecule has 1 aliphatic heterocycles. The number of anilines is 2. The number of nitrogens with one attached hydrogen (secondary N) is 1. The Kier molecular flexibility index (Phi) is 6.14. The predicted molar refractivity (Wildman–Crippen MR) is 110 cm³/mol. The third-order valence-corrected chi connectivity index (χ3v) is 5.26. The standard InChI is InChI=1S/C21H21BrN2O4/c1-13-3-8-18(9-14(13)2)24-11-15(10-20(24)26)21(27)28-12-19(25)23-17-6-4-16(22)5-7-17/h3-9,15H,10-12H2,1-2H3,(H,23,25).